The highest BCUT2D eigenvalue weighted by molar-refractivity contribution is 7.89. The third kappa shape index (κ3) is 2.87. The van der Waals surface area contributed by atoms with E-state index in [-0.39, 0.29) is 5.41 Å². The van der Waals surface area contributed by atoms with Crippen molar-refractivity contribution in [1.29, 1.82) is 0 Å². The van der Waals surface area contributed by atoms with Gasteiger partial charge in [-0.3, -0.25) is 0 Å². The van der Waals surface area contributed by atoms with E-state index in [2.05, 4.69) is 11.9 Å². The van der Waals surface area contributed by atoms with Crippen molar-refractivity contribution >= 4 is 10.0 Å². The van der Waals surface area contributed by atoms with Gasteiger partial charge in [0.25, 0.3) is 0 Å². The SMILES string of the molecule is Cc1cccc(S(=O)(=O)N2CCCC3(CCN(C)C3)C2)c1. The summed E-state index contributed by atoms with van der Waals surface area (Å²) >= 11 is 0. The minimum Gasteiger partial charge on any atom is -0.306 e. The number of nitrogens with zero attached hydrogens (tertiary/aromatic N) is 2. The summed E-state index contributed by atoms with van der Waals surface area (Å²) in [5.41, 5.74) is 1.16. The van der Waals surface area contributed by atoms with Gasteiger partial charge in [0.15, 0.2) is 0 Å². The average molecular weight is 308 g/mol. The highest BCUT2D eigenvalue weighted by atomic mass is 32.2. The summed E-state index contributed by atoms with van der Waals surface area (Å²) in [5.74, 6) is 0. The van der Waals surface area contributed by atoms with Crippen molar-refractivity contribution in [2.24, 2.45) is 5.41 Å². The molecule has 0 bridgehead atoms. The highest BCUT2D eigenvalue weighted by Crippen LogP contribution is 2.39. The van der Waals surface area contributed by atoms with Crippen LogP contribution in [0.4, 0.5) is 0 Å². The van der Waals surface area contributed by atoms with E-state index < -0.39 is 10.0 Å². The van der Waals surface area contributed by atoms with Gasteiger partial charge in [-0.1, -0.05) is 12.1 Å². The highest BCUT2D eigenvalue weighted by Gasteiger charge is 2.43. The van der Waals surface area contributed by atoms with Crippen molar-refractivity contribution in [2.45, 2.75) is 31.1 Å². The lowest BCUT2D eigenvalue weighted by molar-refractivity contribution is 0.153. The van der Waals surface area contributed by atoms with Crippen LogP contribution in [-0.2, 0) is 10.0 Å². The molecule has 1 aromatic carbocycles. The van der Waals surface area contributed by atoms with Gasteiger partial charge in [0.1, 0.15) is 0 Å². The molecule has 4 nitrogen and oxygen atoms in total. The molecular weight excluding hydrogens is 284 g/mol. The predicted molar refractivity (Wildman–Crippen MR) is 83.7 cm³/mol. The number of likely N-dealkylation sites (tertiary alicyclic amines) is 1. The largest absolute Gasteiger partial charge is 0.306 e. The fraction of sp³-hybridized carbons (Fsp3) is 0.625. The van der Waals surface area contributed by atoms with Gasteiger partial charge in [0.05, 0.1) is 4.90 Å². The first-order chi connectivity index (χ1) is 9.91. The molecule has 1 spiro atoms. The molecule has 3 rings (SSSR count). The molecule has 1 unspecified atom stereocenters. The Labute approximate surface area is 127 Å². The van der Waals surface area contributed by atoms with Crippen molar-refractivity contribution in [1.82, 2.24) is 9.21 Å². The number of piperidine rings is 1. The Hall–Kier alpha value is -0.910. The molecule has 1 aromatic rings. The van der Waals surface area contributed by atoms with Crippen molar-refractivity contribution in [3.63, 3.8) is 0 Å². The number of sulfonamides is 1. The maximum Gasteiger partial charge on any atom is 0.243 e. The topological polar surface area (TPSA) is 40.6 Å². The summed E-state index contributed by atoms with van der Waals surface area (Å²) < 4.78 is 27.5. The zero-order chi connectivity index (χ0) is 15.1. The molecule has 2 aliphatic heterocycles. The van der Waals surface area contributed by atoms with Crippen LogP contribution >= 0.6 is 0 Å². The number of rotatable bonds is 2. The molecule has 0 radical (unpaired) electrons. The van der Waals surface area contributed by atoms with Gasteiger partial charge in [0, 0.05) is 19.6 Å². The summed E-state index contributed by atoms with van der Waals surface area (Å²) in [6.45, 7) is 5.36. The first-order valence-electron chi connectivity index (χ1n) is 7.67. The van der Waals surface area contributed by atoms with Crippen molar-refractivity contribution in [3.05, 3.63) is 29.8 Å². The fourth-order valence-corrected chi connectivity index (χ4v) is 5.48. The molecule has 1 atom stereocenters. The minimum atomic E-state index is -3.35. The van der Waals surface area contributed by atoms with Gasteiger partial charge in [-0.2, -0.15) is 4.31 Å². The van der Waals surface area contributed by atoms with Gasteiger partial charge < -0.3 is 4.90 Å². The third-order valence-electron chi connectivity index (χ3n) is 4.88. The fourth-order valence-electron chi connectivity index (χ4n) is 3.78. The molecule has 0 N–H and O–H groups in total. The van der Waals surface area contributed by atoms with Crippen LogP contribution in [0.2, 0.25) is 0 Å². The predicted octanol–water partition coefficient (Wildman–Crippen LogP) is 2.10. The summed E-state index contributed by atoms with van der Waals surface area (Å²) in [6, 6.07) is 7.25. The Bertz CT molecular complexity index is 625. The number of hydrogen-bond acceptors (Lipinski definition) is 3. The summed E-state index contributed by atoms with van der Waals surface area (Å²) in [5, 5.41) is 0. The maximum atomic E-state index is 12.9. The van der Waals surface area contributed by atoms with Crippen molar-refractivity contribution < 1.29 is 8.42 Å². The van der Waals surface area contributed by atoms with Crippen LogP contribution in [0.1, 0.15) is 24.8 Å². The van der Waals surface area contributed by atoms with E-state index in [0.29, 0.717) is 18.0 Å². The first kappa shape index (κ1) is 15.0. The normalized spacial score (nSPS) is 28.3. The van der Waals surface area contributed by atoms with Crippen LogP contribution in [0, 0.1) is 12.3 Å². The van der Waals surface area contributed by atoms with Crippen LogP contribution in [0.25, 0.3) is 0 Å². The van der Waals surface area contributed by atoms with E-state index in [0.717, 1.165) is 37.9 Å². The molecule has 0 amide bonds. The second-order valence-electron chi connectivity index (χ2n) is 6.75. The van der Waals surface area contributed by atoms with E-state index in [1.807, 2.05) is 19.1 Å². The summed E-state index contributed by atoms with van der Waals surface area (Å²) in [7, 11) is -1.22. The quantitative estimate of drug-likeness (QED) is 0.840. The Balaban J connectivity index is 1.86. The van der Waals surface area contributed by atoms with Gasteiger partial charge in [-0.05, 0) is 62.9 Å². The molecule has 5 heteroatoms. The van der Waals surface area contributed by atoms with Crippen LogP contribution < -0.4 is 0 Å². The van der Waals surface area contributed by atoms with Crippen molar-refractivity contribution in [3.8, 4) is 0 Å². The Kier molecular flexibility index (Phi) is 3.84. The molecule has 2 aliphatic rings. The number of hydrogen-bond donors (Lipinski definition) is 0. The lowest BCUT2D eigenvalue weighted by Crippen LogP contribution is -2.47. The van der Waals surface area contributed by atoms with Gasteiger partial charge in [-0.25, -0.2) is 8.42 Å². The molecule has 2 saturated heterocycles. The van der Waals surface area contributed by atoms with Crippen LogP contribution in [0.3, 0.4) is 0 Å². The molecule has 2 heterocycles. The number of benzene rings is 1. The van der Waals surface area contributed by atoms with Crippen LogP contribution in [0.5, 0.6) is 0 Å². The Morgan fingerprint density at radius 3 is 2.62 bits per heavy atom. The molecule has 0 aliphatic carbocycles. The van der Waals surface area contributed by atoms with E-state index >= 15 is 0 Å². The Morgan fingerprint density at radius 2 is 1.95 bits per heavy atom. The van der Waals surface area contributed by atoms with Gasteiger partial charge in [-0.15, -0.1) is 0 Å². The standard InChI is InChI=1S/C16H24N2O2S/c1-14-5-3-6-15(11-14)21(19,20)18-9-4-7-16(13-18)8-10-17(2)12-16/h3,5-6,11H,4,7-10,12-13H2,1-2H3. The van der Waals surface area contributed by atoms with Crippen molar-refractivity contribution in [2.75, 3.05) is 33.2 Å². The minimum absolute atomic E-state index is 0.171. The van der Waals surface area contributed by atoms with E-state index in [4.69, 9.17) is 0 Å². The lowest BCUT2D eigenvalue weighted by Gasteiger charge is -2.39. The molecule has 21 heavy (non-hydrogen) atoms. The molecule has 0 aromatic heterocycles. The average Bonchev–Trinajstić information content (AvgIpc) is 2.79. The van der Waals surface area contributed by atoms with Crippen LogP contribution in [-0.4, -0.2) is 50.8 Å². The van der Waals surface area contributed by atoms with Gasteiger partial charge >= 0.3 is 0 Å². The molecule has 0 saturated carbocycles. The van der Waals surface area contributed by atoms with E-state index in [1.165, 1.54) is 0 Å². The van der Waals surface area contributed by atoms with Crippen LogP contribution in [0.15, 0.2) is 29.2 Å². The second-order valence-corrected chi connectivity index (χ2v) is 8.68. The number of aryl methyl sites for hydroxylation is 1. The smallest absolute Gasteiger partial charge is 0.243 e. The summed E-state index contributed by atoms with van der Waals surface area (Å²) in [6.07, 6.45) is 3.24. The Morgan fingerprint density at radius 1 is 1.14 bits per heavy atom. The lowest BCUT2D eigenvalue weighted by atomic mass is 9.80. The zero-order valence-electron chi connectivity index (χ0n) is 12.9. The van der Waals surface area contributed by atoms with E-state index in [1.54, 1.807) is 16.4 Å². The van der Waals surface area contributed by atoms with E-state index in [9.17, 15) is 8.42 Å². The zero-order valence-corrected chi connectivity index (χ0v) is 13.7. The second kappa shape index (κ2) is 5.38. The maximum absolute atomic E-state index is 12.9. The molecule has 2 fully saturated rings. The monoisotopic (exact) mass is 308 g/mol. The first-order valence-corrected chi connectivity index (χ1v) is 9.11. The molecule has 116 valence electrons. The summed E-state index contributed by atoms with van der Waals surface area (Å²) in [4.78, 5) is 2.76. The molecular formula is C16H24N2O2S. The van der Waals surface area contributed by atoms with Gasteiger partial charge in [0.2, 0.25) is 10.0 Å². The third-order valence-corrected chi connectivity index (χ3v) is 6.72.